The Morgan fingerprint density at radius 2 is 1.89 bits per heavy atom. The number of rotatable bonds is 6. The lowest BCUT2D eigenvalue weighted by Crippen LogP contribution is -2.73. The van der Waals surface area contributed by atoms with E-state index in [-0.39, 0.29) is 29.8 Å². The van der Waals surface area contributed by atoms with Crippen LogP contribution in [0.4, 0.5) is 10.6 Å². The number of nitrogens with one attached hydrogen (secondary N) is 2. The maximum absolute atomic E-state index is 11.9. The van der Waals surface area contributed by atoms with Crippen molar-refractivity contribution in [1.29, 1.82) is 0 Å². The number of halogens is 2. The van der Waals surface area contributed by atoms with E-state index in [9.17, 15) is 4.79 Å². The average Bonchev–Trinajstić information content (AvgIpc) is 3.26. The molecule has 6 rings (SSSR count). The molecule has 11 heteroatoms. The van der Waals surface area contributed by atoms with Gasteiger partial charge in [0.1, 0.15) is 5.82 Å². The molecule has 2 aromatic rings. The average molecular weight is 562 g/mol. The van der Waals surface area contributed by atoms with E-state index in [1.807, 2.05) is 20.0 Å². The number of hydrogen-bond acceptors (Lipinski definition) is 8. The molecule has 3 saturated heterocycles. The number of carbonyl (C=O) groups excluding carboxylic acids is 1. The van der Waals surface area contributed by atoms with Gasteiger partial charge in [0.25, 0.3) is 0 Å². The van der Waals surface area contributed by atoms with Crippen LogP contribution in [-0.4, -0.2) is 65.9 Å². The van der Waals surface area contributed by atoms with Crippen LogP contribution in [0.3, 0.4) is 0 Å². The first kappa shape index (κ1) is 26.1. The van der Waals surface area contributed by atoms with Crippen molar-refractivity contribution in [2.24, 2.45) is 11.3 Å². The van der Waals surface area contributed by atoms with Gasteiger partial charge in [-0.1, -0.05) is 29.3 Å². The van der Waals surface area contributed by atoms with Gasteiger partial charge in [-0.2, -0.15) is 0 Å². The van der Waals surface area contributed by atoms with Crippen molar-refractivity contribution >= 4 is 35.1 Å². The minimum atomic E-state index is -0.207. The fourth-order valence-corrected chi connectivity index (χ4v) is 7.31. The second-order valence-electron chi connectivity index (χ2n) is 11.1. The highest BCUT2D eigenvalue weighted by molar-refractivity contribution is 6.35. The van der Waals surface area contributed by atoms with Gasteiger partial charge in [0.05, 0.1) is 34.9 Å². The Labute approximate surface area is 233 Å². The van der Waals surface area contributed by atoms with Gasteiger partial charge < -0.3 is 19.3 Å². The van der Waals surface area contributed by atoms with Crippen LogP contribution >= 0.6 is 23.2 Å². The molecule has 4 aliphatic rings. The van der Waals surface area contributed by atoms with Crippen LogP contribution < -0.4 is 15.8 Å². The summed E-state index contributed by atoms with van der Waals surface area (Å²) < 4.78 is 11.6. The molecule has 0 aromatic carbocycles. The summed E-state index contributed by atoms with van der Waals surface area (Å²) in [6.45, 7) is 7.63. The van der Waals surface area contributed by atoms with E-state index in [4.69, 9.17) is 37.7 Å². The fraction of sp³-hybridized carbons (Fsp3) is 0.593. The van der Waals surface area contributed by atoms with Crippen LogP contribution in [0, 0.1) is 11.3 Å². The van der Waals surface area contributed by atoms with E-state index in [2.05, 4.69) is 32.9 Å². The number of anilines is 1. The topological polar surface area (TPSA) is 91.9 Å². The van der Waals surface area contributed by atoms with Gasteiger partial charge in [-0.05, 0) is 50.7 Å². The molecule has 1 amide bonds. The summed E-state index contributed by atoms with van der Waals surface area (Å²) in [6, 6.07) is 4.87. The summed E-state index contributed by atoms with van der Waals surface area (Å²) in [4.78, 5) is 24.8. The first-order valence-electron chi connectivity index (χ1n) is 13.4. The molecule has 2 N–H and O–H groups in total. The van der Waals surface area contributed by atoms with Crippen molar-refractivity contribution in [3.05, 3.63) is 51.9 Å². The summed E-state index contributed by atoms with van der Waals surface area (Å²) in [6.07, 6.45) is 7.89. The molecule has 38 heavy (non-hydrogen) atoms. The second kappa shape index (κ2) is 10.4. The van der Waals surface area contributed by atoms with Gasteiger partial charge in [-0.3, -0.25) is 10.4 Å². The number of carbonyl (C=O) groups is 1. The third kappa shape index (κ3) is 4.84. The minimum absolute atomic E-state index is 0.122. The lowest BCUT2D eigenvalue weighted by atomic mass is 9.73. The second-order valence-corrected chi connectivity index (χ2v) is 11.9. The summed E-state index contributed by atoms with van der Waals surface area (Å²) in [5, 5.41) is 1.07. The largest absolute Gasteiger partial charge is 0.450 e. The van der Waals surface area contributed by atoms with Gasteiger partial charge in [0.15, 0.2) is 0 Å². The van der Waals surface area contributed by atoms with Crippen molar-refractivity contribution < 1.29 is 14.3 Å². The number of hydrogen-bond donors (Lipinski definition) is 2. The number of ether oxygens (including phenoxy) is 2. The molecular weight excluding hydrogens is 527 g/mol. The van der Waals surface area contributed by atoms with Crippen molar-refractivity contribution in [2.75, 3.05) is 37.7 Å². The number of fused-ring (bicyclic) bond motifs is 1. The van der Waals surface area contributed by atoms with E-state index < -0.39 is 0 Å². The lowest BCUT2D eigenvalue weighted by molar-refractivity contribution is -0.0370. The van der Waals surface area contributed by atoms with Crippen molar-refractivity contribution in [3.63, 3.8) is 0 Å². The quantitative estimate of drug-likeness (QED) is 0.532. The first-order valence-corrected chi connectivity index (χ1v) is 14.2. The lowest BCUT2D eigenvalue weighted by Gasteiger charge is -2.59. The summed E-state index contributed by atoms with van der Waals surface area (Å²) in [5.74, 6) is 1.38. The third-order valence-electron chi connectivity index (χ3n) is 8.48. The Kier molecular flexibility index (Phi) is 7.15. The van der Waals surface area contributed by atoms with E-state index in [0.717, 1.165) is 56.8 Å². The van der Waals surface area contributed by atoms with Crippen molar-refractivity contribution in [2.45, 2.75) is 57.4 Å². The van der Waals surface area contributed by atoms with Gasteiger partial charge in [0.2, 0.25) is 0 Å². The molecular formula is C27H34Cl2N6O3. The van der Waals surface area contributed by atoms with Crippen molar-refractivity contribution in [3.8, 4) is 0 Å². The van der Waals surface area contributed by atoms with Crippen LogP contribution in [0.1, 0.15) is 56.4 Å². The highest BCUT2D eigenvalue weighted by Gasteiger charge is 2.54. The molecule has 4 fully saturated rings. The Morgan fingerprint density at radius 1 is 1.13 bits per heavy atom. The predicted octanol–water partition coefficient (Wildman–Crippen LogP) is 4.53. The van der Waals surface area contributed by atoms with Crippen LogP contribution in [0.15, 0.2) is 30.7 Å². The molecule has 1 spiro atoms. The van der Waals surface area contributed by atoms with E-state index in [0.29, 0.717) is 28.6 Å². The van der Waals surface area contributed by atoms with Crippen LogP contribution in [0.5, 0.6) is 0 Å². The fourth-order valence-electron chi connectivity index (χ4n) is 6.64. The van der Waals surface area contributed by atoms with Gasteiger partial charge in [-0.15, -0.1) is 0 Å². The molecule has 9 nitrogen and oxygen atoms in total. The molecule has 3 aliphatic heterocycles. The summed E-state index contributed by atoms with van der Waals surface area (Å²) in [5.41, 5.74) is 9.18. The number of likely N-dealkylation sites (tertiary alicyclic amines) is 1. The number of amides is 1. The SMILES string of the molecule is CCOC(=O)N1CC2(C1)CN(c1ccc(C3NNC4CCC(O[C@H](C)c5c(Cl)cncc5Cl)CC43)cn1)C2. The minimum Gasteiger partial charge on any atom is -0.450 e. The zero-order valence-corrected chi connectivity index (χ0v) is 23.2. The monoisotopic (exact) mass is 560 g/mol. The normalized spacial score (nSPS) is 28.4. The summed E-state index contributed by atoms with van der Waals surface area (Å²) in [7, 11) is 0. The van der Waals surface area contributed by atoms with Gasteiger partial charge in [-0.25, -0.2) is 15.2 Å². The van der Waals surface area contributed by atoms with Crippen LogP contribution in [0.25, 0.3) is 0 Å². The molecule has 5 atom stereocenters. The molecule has 2 aromatic heterocycles. The maximum atomic E-state index is 11.9. The molecule has 4 unspecified atom stereocenters. The zero-order chi connectivity index (χ0) is 26.4. The smallest absolute Gasteiger partial charge is 0.409 e. The third-order valence-corrected chi connectivity index (χ3v) is 9.08. The standard InChI is InChI=1S/C27H34Cl2N6O3/c1-3-37-26(36)35-14-27(15-35)12-34(13-27)23-7-4-17(9-31-23)25-19-8-18(5-6-22(19)32-33-25)38-16(2)24-20(28)10-30-11-21(24)29/h4,7,9-11,16,18-19,22,25,32-33H,3,5-6,8,12-15H2,1-2H3/t16-,18?,19?,22?,25?/m1/s1. The first-order chi connectivity index (χ1) is 18.4. The number of pyridine rings is 2. The zero-order valence-electron chi connectivity index (χ0n) is 21.7. The van der Waals surface area contributed by atoms with Crippen LogP contribution in [0.2, 0.25) is 10.0 Å². The number of aromatic nitrogens is 2. The van der Waals surface area contributed by atoms with Gasteiger partial charge >= 0.3 is 6.09 Å². The highest BCUT2D eigenvalue weighted by atomic mass is 35.5. The van der Waals surface area contributed by atoms with Crippen molar-refractivity contribution in [1.82, 2.24) is 25.7 Å². The Hall–Kier alpha value is -2.17. The van der Waals surface area contributed by atoms with E-state index in [1.54, 1.807) is 17.3 Å². The Balaban J connectivity index is 1.05. The van der Waals surface area contributed by atoms with E-state index in [1.165, 1.54) is 5.56 Å². The molecule has 1 aliphatic carbocycles. The van der Waals surface area contributed by atoms with E-state index >= 15 is 0 Å². The van der Waals surface area contributed by atoms with Gasteiger partial charge in [0, 0.05) is 61.8 Å². The molecule has 1 saturated carbocycles. The highest BCUT2D eigenvalue weighted by Crippen LogP contribution is 2.43. The predicted molar refractivity (Wildman–Crippen MR) is 145 cm³/mol. The maximum Gasteiger partial charge on any atom is 0.409 e. The molecule has 0 radical (unpaired) electrons. The number of hydrazine groups is 1. The molecule has 204 valence electrons. The molecule has 5 heterocycles. The Bertz CT molecular complexity index is 1150. The summed E-state index contributed by atoms with van der Waals surface area (Å²) >= 11 is 12.7. The Morgan fingerprint density at radius 3 is 2.58 bits per heavy atom. The number of nitrogens with zero attached hydrogens (tertiary/aromatic N) is 4. The van der Waals surface area contributed by atoms with Crippen LogP contribution in [-0.2, 0) is 9.47 Å². The molecule has 0 bridgehead atoms.